The maximum absolute atomic E-state index is 13.4. The summed E-state index contributed by atoms with van der Waals surface area (Å²) in [5, 5.41) is 3.20. The quantitative estimate of drug-likeness (QED) is 0.684. The molecule has 2 aromatic carbocycles. The van der Waals surface area contributed by atoms with Gasteiger partial charge in [-0.25, -0.2) is 0 Å². The van der Waals surface area contributed by atoms with Gasteiger partial charge in [0.05, 0.1) is 6.42 Å². The summed E-state index contributed by atoms with van der Waals surface area (Å²) in [6, 6.07) is 13.9. The summed E-state index contributed by atoms with van der Waals surface area (Å²) in [5.74, 6) is -0.0632. The van der Waals surface area contributed by atoms with Crippen LogP contribution in [-0.2, 0) is 22.6 Å². The Hall–Kier alpha value is -2.62. The number of amides is 2. The topological polar surface area (TPSA) is 49.4 Å². The van der Waals surface area contributed by atoms with Crippen molar-refractivity contribution in [2.75, 3.05) is 0 Å². The Morgan fingerprint density at radius 1 is 0.968 bits per heavy atom. The molecule has 31 heavy (non-hydrogen) atoms. The monoisotopic (exact) mass is 420 g/mol. The molecule has 0 bridgehead atoms. The first-order valence-electron chi connectivity index (χ1n) is 11.6. The molecule has 4 nitrogen and oxygen atoms in total. The Bertz CT molecular complexity index is 915. The number of benzene rings is 2. The van der Waals surface area contributed by atoms with Gasteiger partial charge in [0.1, 0.15) is 6.04 Å². The van der Waals surface area contributed by atoms with Crippen LogP contribution in [0.2, 0.25) is 0 Å². The highest BCUT2D eigenvalue weighted by atomic mass is 16.2. The Kier molecular flexibility index (Phi) is 7.89. The van der Waals surface area contributed by atoms with Crippen LogP contribution in [0.3, 0.4) is 0 Å². The molecule has 2 amide bonds. The third-order valence-electron chi connectivity index (χ3n) is 6.65. The fraction of sp³-hybridized carbons (Fsp3) is 0.481. The molecule has 1 fully saturated rings. The Balaban J connectivity index is 1.78. The summed E-state index contributed by atoms with van der Waals surface area (Å²) in [7, 11) is 0. The molecule has 0 spiro atoms. The summed E-state index contributed by atoms with van der Waals surface area (Å²) in [4.78, 5) is 28.2. The largest absolute Gasteiger partial charge is 0.352 e. The molecule has 1 N–H and O–H groups in total. The summed E-state index contributed by atoms with van der Waals surface area (Å²) in [5.41, 5.74) is 5.59. The molecule has 2 aromatic rings. The Morgan fingerprint density at radius 3 is 2.35 bits per heavy atom. The van der Waals surface area contributed by atoms with Gasteiger partial charge in [0.15, 0.2) is 0 Å². The molecule has 1 aliphatic rings. The maximum Gasteiger partial charge on any atom is 0.242 e. The zero-order valence-corrected chi connectivity index (χ0v) is 19.4. The van der Waals surface area contributed by atoms with Crippen LogP contribution in [0.25, 0.3) is 0 Å². The van der Waals surface area contributed by atoms with Crippen molar-refractivity contribution in [2.45, 2.75) is 84.8 Å². The van der Waals surface area contributed by atoms with Gasteiger partial charge >= 0.3 is 0 Å². The van der Waals surface area contributed by atoms with Gasteiger partial charge < -0.3 is 10.2 Å². The first-order valence-corrected chi connectivity index (χ1v) is 11.6. The lowest BCUT2D eigenvalue weighted by atomic mass is 9.95. The van der Waals surface area contributed by atoms with E-state index in [0.717, 1.165) is 42.4 Å². The molecule has 0 aromatic heterocycles. The van der Waals surface area contributed by atoms with Gasteiger partial charge in [0.2, 0.25) is 11.8 Å². The minimum Gasteiger partial charge on any atom is -0.352 e. The van der Waals surface area contributed by atoms with Gasteiger partial charge in [0, 0.05) is 12.6 Å². The molecule has 166 valence electrons. The minimum absolute atomic E-state index is 0.0159. The molecule has 3 rings (SSSR count). The first-order chi connectivity index (χ1) is 14.8. The Morgan fingerprint density at radius 2 is 1.68 bits per heavy atom. The second-order valence-corrected chi connectivity index (χ2v) is 9.06. The number of nitrogens with zero attached hydrogens (tertiary/aromatic N) is 1. The van der Waals surface area contributed by atoms with E-state index >= 15 is 0 Å². The number of carbonyl (C=O) groups excluding carboxylic acids is 2. The Labute approximate surface area is 187 Å². The minimum atomic E-state index is -0.513. The van der Waals surface area contributed by atoms with E-state index in [1.54, 1.807) is 4.90 Å². The molecule has 0 heterocycles. The predicted octanol–water partition coefficient (Wildman–Crippen LogP) is 5.02. The van der Waals surface area contributed by atoms with E-state index in [2.05, 4.69) is 31.3 Å². The van der Waals surface area contributed by atoms with Crippen molar-refractivity contribution in [2.24, 2.45) is 0 Å². The third kappa shape index (κ3) is 6.19. The molecule has 0 saturated heterocycles. The molecule has 1 saturated carbocycles. The van der Waals surface area contributed by atoms with Gasteiger partial charge in [-0.3, -0.25) is 9.59 Å². The number of rotatable bonds is 7. The van der Waals surface area contributed by atoms with Crippen LogP contribution in [0.15, 0.2) is 42.5 Å². The number of nitrogens with one attached hydrogen (secondary N) is 1. The SMILES string of the molecule is Cc1ccc(CC(=O)N(Cc2ccccc2C)[C@H](C)C(=O)NC2CCCCC2)cc1C. The van der Waals surface area contributed by atoms with Crippen molar-refractivity contribution in [3.8, 4) is 0 Å². The first kappa shape index (κ1) is 23.1. The second-order valence-electron chi connectivity index (χ2n) is 9.06. The molecule has 4 heteroatoms. The van der Waals surface area contributed by atoms with Gasteiger partial charge in [0.25, 0.3) is 0 Å². The van der Waals surface area contributed by atoms with Gasteiger partial charge in [-0.1, -0.05) is 61.7 Å². The lowest BCUT2D eigenvalue weighted by molar-refractivity contribution is -0.140. The second kappa shape index (κ2) is 10.6. The highest BCUT2D eigenvalue weighted by Gasteiger charge is 2.28. The van der Waals surface area contributed by atoms with E-state index in [9.17, 15) is 9.59 Å². The summed E-state index contributed by atoms with van der Waals surface area (Å²) in [6.07, 6.45) is 5.94. The van der Waals surface area contributed by atoms with Gasteiger partial charge in [-0.15, -0.1) is 0 Å². The highest BCUT2D eigenvalue weighted by molar-refractivity contribution is 5.88. The van der Waals surface area contributed by atoms with E-state index in [4.69, 9.17) is 0 Å². The normalized spacial score (nSPS) is 15.4. The van der Waals surface area contributed by atoms with E-state index in [0.29, 0.717) is 13.0 Å². The molecular weight excluding hydrogens is 384 g/mol. The molecule has 0 unspecified atom stereocenters. The molecular formula is C27H36N2O2. The number of hydrogen-bond donors (Lipinski definition) is 1. The number of aryl methyl sites for hydroxylation is 3. The smallest absolute Gasteiger partial charge is 0.242 e. The average molecular weight is 421 g/mol. The van der Waals surface area contributed by atoms with Crippen LogP contribution >= 0.6 is 0 Å². The standard InChI is InChI=1S/C27H36N2O2/c1-19-14-15-23(16-21(19)3)17-26(30)29(18-24-11-9-8-10-20(24)2)22(4)27(31)28-25-12-6-5-7-13-25/h8-11,14-16,22,25H,5-7,12-13,17-18H2,1-4H3,(H,28,31)/t22-/m1/s1. The van der Waals surface area contributed by atoms with Crippen LogP contribution < -0.4 is 5.32 Å². The zero-order valence-electron chi connectivity index (χ0n) is 19.4. The van der Waals surface area contributed by atoms with Crippen LogP contribution in [0.5, 0.6) is 0 Å². The van der Waals surface area contributed by atoms with E-state index in [-0.39, 0.29) is 17.9 Å². The van der Waals surface area contributed by atoms with Crippen LogP contribution in [0.4, 0.5) is 0 Å². The average Bonchev–Trinajstić information content (AvgIpc) is 2.76. The highest BCUT2D eigenvalue weighted by Crippen LogP contribution is 2.19. The van der Waals surface area contributed by atoms with Gasteiger partial charge in [-0.05, 0) is 68.4 Å². The van der Waals surface area contributed by atoms with Crippen LogP contribution in [0, 0.1) is 20.8 Å². The van der Waals surface area contributed by atoms with Crippen molar-refractivity contribution in [3.63, 3.8) is 0 Å². The van der Waals surface area contributed by atoms with Crippen molar-refractivity contribution in [1.29, 1.82) is 0 Å². The van der Waals surface area contributed by atoms with Gasteiger partial charge in [-0.2, -0.15) is 0 Å². The fourth-order valence-corrected chi connectivity index (χ4v) is 4.31. The predicted molar refractivity (Wildman–Crippen MR) is 126 cm³/mol. The van der Waals surface area contributed by atoms with E-state index in [1.807, 2.05) is 44.2 Å². The maximum atomic E-state index is 13.4. The van der Waals surface area contributed by atoms with Crippen molar-refractivity contribution < 1.29 is 9.59 Å². The van der Waals surface area contributed by atoms with Crippen molar-refractivity contribution in [3.05, 3.63) is 70.3 Å². The van der Waals surface area contributed by atoms with Crippen molar-refractivity contribution >= 4 is 11.8 Å². The molecule has 1 atom stereocenters. The third-order valence-corrected chi connectivity index (χ3v) is 6.65. The van der Waals surface area contributed by atoms with Crippen molar-refractivity contribution in [1.82, 2.24) is 10.2 Å². The molecule has 1 aliphatic carbocycles. The lowest BCUT2D eigenvalue weighted by Gasteiger charge is -2.31. The zero-order chi connectivity index (χ0) is 22.4. The number of hydrogen-bond acceptors (Lipinski definition) is 2. The van der Waals surface area contributed by atoms with Crippen LogP contribution in [-0.4, -0.2) is 28.8 Å². The van der Waals surface area contributed by atoms with Crippen LogP contribution in [0.1, 0.15) is 66.8 Å². The molecule has 0 radical (unpaired) electrons. The lowest BCUT2D eigenvalue weighted by Crippen LogP contribution is -2.50. The summed E-state index contributed by atoms with van der Waals surface area (Å²) >= 11 is 0. The summed E-state index contributed by atoms with van der Waals surface area (Å²) < 4.78 is 0. The fourth-order valence-electron chi connectivity index (χ4n) is 4.31. The van der Waals surface area contributed by atoms with E-state index < -0.39 is 6.04 Å². The number of carbonyl (C=O) groups is 2. The molecule has 0 aliphatic heterocycles. The summed E-state index contributed by atoms with van der Waals surface area (Å²) in [6.45, 7) is 8.48. The van der Waals surface area contributed by atoms with E-state index in [1.165, 1.54) is 17.5 Å².